The number of halogens is 3. The number of hydrogen-bond acceptors (Lipinski definition) is 6. The fourth-order valence-electron chi connectivity index (χ4n) is 4.43. The first-order valence-electron chi connectivity index (χ1n) is 10.1. The molecule has 0 N–H and O–H groups in total. The van der Waals surface area contributed by atoms with Crippen LogP contribution in [0.1, 0.15) is 28.8 Å². The molecule has 162 valence electrons. The van der Waals surface area contributed by atoms with E-state index in [-0.39, 0.29) is 23.3 Å². The molecule has 0 radical (unpaired) electrons. The second-order valence-corrected chi connectivity index (χ2v) is 8.00. The first kappa shape index (κ1) is 19.7. The van der Waals surface area contributed by atoms with Crippen molar-refractivity contribution >= 4 is 17.4 Å². The van der Waals surface area contributed by atoms with Crippen LogP contribution in [0.5, 0.6) is 0 Å². The van der Waals surface area contributed by atoms with Crippen LogP contribution in [0, 0.1) is 11.8 Å². The summed E-state index contributed by atoms with van der Waals surface area (Å²) >= 11 is 0. The third-order valence-corrected chi connectivity index (χ3v) is 6.03. The number of rotatable bonds is 3. The minimum atomic E-state index is -4.52. The smallest absolute Gasteiger partial charge is 0.354 e. The van der Waals surface area contributed by atoms with Gasteiger partial charge in [0.1, 0.15) is 11.5 Å². The third-order valence-electron chi connectivity index (χ3n) is 6.03. The van der Waals surface area contributed by atoms with E-state index in [0.717, 1.165) is 43.4 Å². The number of alkyl halides is 3. The van der Waals surface area contributed by atoms with E-state index in [1.165, 1.54) is 6.07 Å². The van der Waals surface area contributed by atoms with Crippen molar-refractivity contribution in [2.45, 2.75) is 19.5 Å². The van der Waals surface area contributed by atoms with Crippen molar-refractivity contribution in [2.24, 2.45) is 11.8 Å². The molecule has 2 fully saturated rings. The first-order chi connectivity index (χ1) is 14.8. The van der Waals surface area contributed by atoms with Crippen LogP contribution in [-0.4, -0.2) is 61.8 Å². The molecule has 0 bridgehead atoms. The molecule has 31 heavy (non-hydrogen) atoms. The lowest BCUT2D eigenvalue weighted by atomic mass is 10.0. The molecule has 11 heteroatoms. The SMILES string of the molecule is CCc1nnc2ccc(N3CC4CN(C(=O)c5ccc(C(F)(F)F)nc5)CC4C3)nn12. The summed E-state index contributed by atoms with van der Waals surface area (Å²) in [5, 5.41) is 12.9. The van der Waals surface area contributed by atoms with Crippen molar-refractivity contribution in [3.63, 3.8) is 0 Å². The summed E-state index contributed by atoms with van der Waals surface area (Å²) in [4.78, 5) is 20.1. The van der Waals surface area contributed by atoms with Gasteiger partial charge in [-0.1, -0.05) is 6.92 Å². The lowest BCUT2D eigenvalue weighted by Crippen LogP contribution is -2.33. The van der Waals surface area contributed by atoms with Crippen molar-refractivity contribution < 1.29 is 18.0 Å². The topological polar surface area (TPSA) is 79.5 Å². The van der Waals surface area contributed by atoms with E-state index in [2.05, 4.69) is 25.2 Å². The quantitative estimate of drug-likeness (QED) is 0.633. The Morgan fingerprint density at radius 3 is 2.42 bits per heavy atom. The van der Waals surface area contributed by atoms with Crippen LogP contribution in [0.2, 0.25) is 0 Å². The average molecular weight is 431 g/mol. The Labute approximate surface area is 175 Å². The van der Waals surface area contributed by atoms with Gasteiger partial charge < -0.3 is 9.80 Å². The molecule has 0 aliphatic carbocycles. The Kier molecular flexibility index (Phi) is 4.56. The van der Waals surface area contributed by atoms with Crippen LogP contribution in [0.4, 0.5) is 19.0 Å². The molecular weight excluding hydrogens is 411 g/mol. The Bertz CT molecular complexity index is 1110. The van der Waals surface area contributed by atoms with E-state index in [1.807, 2.05) is 19.1 Å². The van der Waals surface area contributed by atoms with Crippen LogP contribution in [0.25, 0.3) is 5.65 Å². The van der Waals surface area contributed by atoms with E-state index in [0.29, 0.717) is 18.7 Å². The predicted molar refractivity (Wildman–Crippen MR) is 104 cm³/mol. The molecule has 2 saturated heterocycles. The summed E-state index contributed by atoms with van der Waals surface area (Å²) < 4.78 is 39.8. The Hall–Kier alpha value is -3.24. The maximum Gasteiger partial charge on any atom is 0.433 e. The van der Waals surface area contributed by atoms with Gasteiger partial charge in [-0.25, -0.2) is 0 Å². The van der Waals surface area contributed by atoms with Crippen LogP contribution in [0.15, 0.2) is 30.5 Å². The zero-order chi connectivity index (χ0) is 21.8. The molecule has 2 unspecified atom stereocenters. The second kappa shape index (κ2) is 7.17. The number of aromatic nitrogens is 5. The molecule has 5 rings (SSSR count). The van der Waals surface area contributed by atoms with Crippen molar-refractivity contribution in [2.75, 3.05) is 31.1 Å². The third kappa shape index (κ3) is 3.47. The number of nitrogens with zero attached hydrogens (tertiary/aromatic N) is 7. The highest BCUT2D eigenvalue weighted by Gasteiger charge is 2.42. The minimum absolute atomic E-state index is 0.177. The standard InChI is InChI=1S/C20H20F3N7O/c1-2-16-25-26-17-5-6-18(27-30(16)17)28-8-13-10-29(11-14(13)9-28)19(31)12-3-4-15(24-7-12)20(21,22)23/h3-7,13-14H,2,8-11H2,1H3. The van der Waals surface area contributed by atoms with Gasteiger partial charge in [-0.05, 0) is 24.3 Å². The van der Waals surface area contributed by atoms with Gasteiger partial charge in [0.15, 0.2) is 11.5 Å². The predicted octanol–water partition coefficient (Wildman–Crippen LogP) is 2.31. The molecule has 1 amide bonds. The number of carbonyl (C=O) groups excluding carboxylic acids is 1. The lowest BCUT2D eigenvalue weighted by Gasteiger charge is -2.22. The molecule has 0 saturated carbocycles. The summed E-state index contributed by atoms with van der Waals surface area (Å²) in [6.07, 6.45) is -2.77. The van der Waals surface area contributed by atoms with Crippen LogP contribution in [0.3, 0.4) is 0 Å². The van der Waals surface area contributed by atoms with Gasteiger partial charge >= 0.3 is 6.18 Å². The molecule has 2 aliphatic heterocycles. The summed E-state index contributed by atoms with van der Waals surface area (Å²) in [5.41, 5.74) is -0.111. The number of anilines is 1. The van der Waals surface area contributed by atoms with Gasteiger partial charge in [-0.3, -0.25) is 9.78 Å². The second-order valence-electron chi connectivity index (χ2n) is 8.00. The van der Waals surface area contributed by atoms with Gasteiger partial charge in [-0.2, -0.15) is 17.7 Å². The van der Waals surface area contributed by atoms with Gasteiger partial charge in [0.05, 0.1) is 5.56 Å². The fourth-order valence-corrected chi connectivity index (χ4v) is 4.43. The maximum atomic E-state index is 12.7. The molecule has 2 aliphatic rings. The normalized spacial score (nSPS) is 21.2. The fraction of sp³-hybridized carbons (Fsp3) is 0.450. The zero-order valence-corrected chi connectivity index (χ0v) is 16.7. The molecule has 0 aromatic carbocycles. The van der Waals surface area contributed by atoms with Gasteiger partial charge in [0.2, 0.25) is 0 Å². The van der Waals surface area contributed by atoms with E-state index in [9.17, 15) is 18.0 Å². The minimum Gasteiger partial charge on any atom is -0.354 e. The molecule has 3 aromatic rings. The summed E-state index contributed by atoms with van der Waals surface area (Å²) in [6.45, 7) is 4.67. The first-order valence-corrected chi connectivity index (χ1v) is 10.1. The molecular formula is C20H20F3N7O. The maximum absolute atomic E-state index is 12.7. The van der Waals surface area contributed by atoms with Gasteiger partial charge in [0.25, 0.3) is 5.91 Å². The van der Waals surface area contributed by atoms with E-state index >= 15 is 0 Å². The van der Waals surface area contributed by atoms with E-state index in [1.54, 1.807) is 9.42 Å². The van der Waals surface area contributed by atoms with Crippen molar-refractivity contribution in [1.82, 2.24) is 29.7 Å². The molecule has 3 aromatic heterocycles. The summed E-state index contributed by atoms with van der Waals surface area (Å²) in [5.74, 6) is 1.95. The van der Waals surface area contributed by atoms with Crippen LogP contribution in [-0.2, 0) is 12.6 Å². The number of aryl methyl sites for hydroxylation is 1. The zero-order valence-electron chi connectivity index (χ0n) is 16.7. The number of likely N-dealkylation sites (tertiary alicyclic amines) is 1. The molecule has 2 atom stereocenters. The summed E-state index contributed by atoms with van der Waals surface area (Å²) in [7, 11) is 0. The van der Waals surface area contributed by atoms with Crippen LogP contribution < -0.4 is 4.90 Å². The van der Waals surface area contributed by atoms with E-state index < -0.39 is 11.9 Å². The van der Waals surface area contributed by atoms with Gasteiger partial charge in [-0.15, -0.1) is 15.3 Å². The number of fused-ring (bicyclic) bond motifs is 2. The number of pyridine rings is 1. The molecule has 5 heterocycles. The number of amides is 1. The highest BCUT2D eigenvalue weighted by molar-refractivity contribution is 5.94. The summed E-state index contributed by atoms with van der Waals surface area (Å²) in [6, 6.07) is 5.88. The molecule has 8 nitrogen and oxygen atoms in total. The largest absolute Gasteiger partial charge is 0.433 e. The Balaban J connectivity index is 1.26. The monoisotopic (exact) mass is 431 g/mol. The van der Waals surface area contributed by atoms with Crippen LogP contribution >= 0.6 is 0 Å². The van der Waals surface area contributed by atoms with Crippen molar-refractivity contribution in [3.05, 3.63) is 47.5 Å². The highest BCUT2D eigenvalue weighted by atomic mass is 19.4. The Morgan fingerprint density at radius 2 is 1.81 bits per heavy atom. The molecule has 0 spiro atoms. The Morgan fingerprint density at radius 1 is 1.06 bits per heavy atom. The lowest BCUT2D eigenvalue weighted by molar-refractivity contribution is -0.141. The average Bonchev–Trinajstić information content (AvgIpc) is 3.44. The van der Waals surface area contributed by atoms with Gasteiger partial charge in [0, 0.05) is 50.6 Å². The van der Waals surface area contributed by atoms with E-state index in [4.69, 9.17) is 0 Å². The number of carbonyl (C=O) groups is 1. The highest BCUT2D eigenvalue weighted by Crippen LogP contribution is 2.34. The van der Waals surface area contributed by atoms with Crippen molar-refractivity contribution in [1.29, 1.82) is 0 Å². The van der Waals surface area contributed by atoms with Crippen molar-refractivity contribution in [3.8, 4) is 0 Å². The number of hydrogen-bond donors (Lipinski definition) is 0.